The fraction of sp³-hybridized carbons (Fsp3) is 0.333. The van der Waals surface area contributed by atoms with Crippen molar-refractivity contribution in [3.8, 4) is 0 Å². The van der Waals surface area contributed by atoms with Crippen molar-refractivity contribution in [3.63, 3.8) is 0 Å². The summed E-state index contributed by atoms with van der Waals surface area (Å²) in [5.74, 6) is -1.81. The van der Waals surface area contributed by atoms with E-state index in [4.69, 9.17) is 11.6 Å². The Labute approximate surface area is 179 Å². The Kier molecular flexibility index (Phi) is 5.21. The van der Waals surface area contributed by atoms with Gasteiger partial charge in [-0.15, -0.1) is 0 Å². The number of nitrogens with zero attached hydrogens (tertiary/aromatic N) is 2. The second-order valence-electron chi connectivity index (χ2n) is 7.76. The Morgan fingerprint density at radius 2 is 1.74 bits per heavy atom. The van der Waals surface area contributed by atoms with Crippen molar-refractivity contribution in [3.05, 3.63) is 64.4 Å². The molecular formula is C21H17ClF4N2O3. The van der Waals surface area contributed by atoms with Gasteiger partial charge in [0.25, 0.3) is 5.91 Å². The summed E-state index contributed by atoms with van der Waals surface area (Å²) >= 11 is 5.77. The summed E-state index contributed by atoms with van der Waals surface area (Å²) in [5.41, 5.74) is -1.90. The molecule has 1 aliphatic heterocycles. The first-order valence-electron chi connectivity index (χ1n) is 9.43. The van der Waals surface area contributed by atoms with Gasteiger partial charge in [0.15, 0.2) is 0 Å². The number of benzene rings is 2. The van der Waals surface area contributed by atoms with Crippen molar-refractivity contribution in [2.45, 2.75) is 37.2 Å². The zero-order valence-corrected chi connectivity index (χ0v) is 16.8. The number of alkyl halides is 3. The van der Waals surface area contributed by atoms with Crippen LogP contribution in [0.15, 0.2) is 42.5 Å². The molecular weight excluding hydrogens is 440 g/mol. The molecule has 0 unspecified atom stereocenters. The molecule has 2 amide bonds. The van der Waals surface area contributed by atoms with E-state index < -0.39 is 47.6 Å². The molecule has 4 rings (SSSR count). The van der Waals surface area contributed by atoms with Crippen LogP contribution in [0, 0.1) is 5.82 Å². The van der Waals surface area contributed by atoms with Crippen LogP contribution in [-0.2, 0) is 22.3 Å². The Balaban J connectivity index is 1.64. The summed E-state index contributed by atoms with van der Waals surface area (Å²) in [4.78, 5) is 28.6. The molecule has 164 valence electrons. The topological polar surface area (TPSA) is 60.9 Å². The van der Waals surface area contributed by atoms with Gasteiger partial charge in [0.2, 0.25) is 5.91 Å². The second kappa shape index (κ2) is 7.49. The molecule has 1 heterocycles. The van der Waals surface area contributed by atoms with E-state index in [1.54, 1.807) is 0 Å². The van der Waals surface area contributed by atoms with Gasteiger partial charge in [-0.25, -0.2) is 4.39 Å². The number of hydrogen-bond donors (Lipinski definition) is 1. The lowest BCUT2D eigenvalue weighted by Crippen LogP contribution is -2.73. The van der Waals surface area contributed by atoms with E-state index in [1.165, 1.54) is 29.2 Å². The quantitative estimate of drug-likeness (QED) is 0.715. The van der Waals surface area contributed by atoms with E-state index in [1.807, 2.05) is 0 Å². The number of hydrogen-bond acceptors (Lipinski definition) is 3. The number of aliphatic hydroxyl groups is 1. The molecule has 0 bridgehead atoms. The number of rotatable bonds is 3. The number of carbonyl (C=O) groups excluding carboxylic acids is 2. The molecule has 1 aliphatic carbocycles. The number of halogens is 5. The molecule has 10 heteroatoms. The summed E-state index contributed by atoms with van der Waals surface area (Å²) in [6.45, 7) is -0.539. The SMILES string of the molecule is O=C1CN(c2ccc(Cl)cc2F)C(=O)C2(CC(O)C2)N1Cc1ccc(C(F)(F)F)cc1. The van der Waals surface area contributed by atoms with E-state index in [9.17, 15) is 32.3 Å². The van der Waals surface area contributed by atoms with Crippen LogP contribution in [0.25, 0.3) is 0 Å². The van der Waals surface area contributed by atoms with Gasteiger partial charge in [-0.3, -0.25) is 14.5 Å². The van der Waals surface area contributed by atoms with Crippen LogP contribution in [0.1, 0.15) is 24.0 Å². The van der Waals surface area contributed by atoms with E-state index >= 15 is 0 Å². The minimum Gasteiger partial charge on any atom is -0.393 e. The number of carbonyl (C=O) groups is 2. The Morgan fingerprint density at radius 1 is 1.10 bits per heavy atom. The average Bonchev–Trinajstić information content (AvgIpc) is 2.66. The minimum atomic E-state index is -4.49. The zero-order chi connectivity index (χ0) is 22.6. The number of amides is 2. The molecule has 2 aromatic carbocycles. The van der Waals surface area contributed by atoms with Crippen molar-refractivity contribution >= 4 is 29.1 Å². The van der Waals surface area contributed by atoms with E-state index in [0.717, 1.165) is 23.1 Å². The lowest BCUT2D eigenvalue weighted by molar-refractivity contribution is -0.167. The molecule has 1 saturated carbocycles. The molecule has 31 heavy (non-hydrogen) atoms. The van der Waals surface area contributed by atoms with Crippen LogP contribution in [0.3, 0.4) is 0 Å². The van der Waals surface area contributed by atoms with Gasteiger partial charge in [0.05, 0.1) is 17.4 Å². The average molecular weight is 457 g/mol. The Hall–Kier alpha value is -2.65. The maximum Gasteiger partial charge on any atom is 0.416 e. The summed E-state index contributed by atoms with van der Waals surface area (Å²) in [6.07, 6.45) is -5.38. The molecule has 0 aromatic heterocycles. The zero-order valence-electron chi connectivity index (χ0n) is 16.0. The summed E-state index contributed by atoms with van der Waals surface area (Å²) in [6, 6.07) is 8.03. The van der Waals surface area contributed by atoms with Crippen LogP contribution in [-0.4, -0.2) is 40.0 Å². The second-order valence-corrected chi connectivity index (χ2v) is 8.19. The van der Waals surface area contributed by atoms with Crippen molar-refractivity contribution < 1.29 is 32.3 Å². The third kappa shape index (κ3) is 3.76. The lowest BCUT2D eigenvalue weighted by Gasteiger charge is -2.55. The van der Waals surface area contributed by atoms with Crippen LogP contribution >= 0.6 is 11.6 Å². The van der Waals surface area contributed by atoms with Gasteiger partial charge < -0.3 is 10.0 Å². The summed E-state index contributed by atoms with van der Waals surface area (Å²) in [7, 11) is 0. The maximum atomic E-state index is 14.4. The highest BCUT2D eigenvalue weighted by Crippen LogP contribution is 2.44. The summed E-state index contributed by atoms with van der Waals surface area (Å²) in [5, 5.41) is 10.0. The molecule has 1 N–H and O–H groups in total. The van der Waals surface area contributed by atoms with Crippen molar-refractivity contribution in [1.29, 1.82) is 0 Å². The molecule has 0 atom stereocenters. The van der Waals surface area contributed by atoms with Gasteiger partial charge in [0, 0.05) is 24.4 Å². The first-order chi connectivity index (χ1) is 14.5. The highest BCUT2D eigenvalue weighted by atomic mass is 35.5. The normalized spacial score (nSPS) is 24.0. The van der Waals surface area contributed by atoms with Crippen LogP contribution in [0.5, 0.6) is 0 Å². The van der Waals surface area contributed by atoms with Crippen LogP contribution in [0.4, 0.5) is 23.2 Å². The third-order valence-corrected chi connectivity index (χ3v) is 5.96. The Bertz CT molecular complexity index is 1040. The van der Waals surface area contributed by atoms with Gasteiger partial charge >= 0.3 is 6.18 Å². The fourth-order valence-electron chi connectivity index (χ4n) is 4.13. The first-order valence-corrected chi connectivity index (χ1v) is 9.81. The van der Waals surface area contributed by atoms with E-state index in [-0.39, 0.29) is 30.1 Å². The Morgan fingerprint density at radius 3 is 2.29 bits per heavy atom. The predicted molar refractivity (Wildman–Crippen MR) is 104 cm³/mol. The fourth-order valence-corrected chi connectivity index (χ4v) is 4.29. The predicted octanol–water partition coefficient (Wildman–Crippen LogP) is 3.77. The molecule has 5 nitrogen and oxygen atoms in total. The molecule has 0 radical (unpaired) electrons. The number of aliphatic hydroxyl groups excluding tert-OH is 1. The molecule has 2 aliphatic rings. The molecule has 1 saturated heterocycles. The van der Waals surface area contributed by atoms with Gasteiger partial charge in [0.1, 0.15) is 17.9 Å². The van der Waals surface area contributed by atoms with Crippen LogP contribution in [0.2, 0.25) is 5.02 Å². The third-order valence-electron chi connectivity index (χ3n) is 5.72. The van der Waals surface area contributed by atoms with Crippen molar-refractivity contribution in [2.75, 3.05) is 11.4 Å². The first kappa shape index (κ1) is 21.6. The number of piperazine rings is 1. The monoisotopic (exact) mass is 456 g/mol. The molecule has 1 spiro atoms. The van der Waals surface area contributed by atoms with Gasteiger partial charge in [-0.1, -0.05) is 23.7 Å². The maximum absolute atomic E-state index is 14.4. The standard InChI is InChI=1S/C21H17ClF4N2O3/c22-14-5-6-17(16(23)7-14)27-11-18(30)28(20(19(27)31)8-15(29)9-20)10-12-1-3-13(4-2-12)21(24,25)26/h1-7,15,29H,8-11H2. The molecule has 2 aromatic rings. The lowest BCUT2D eigenvalue weighted by atomic mass is 9.70. The number of anilines is 1. The smallest absolute Gasteiger partial charge is 0.393 e. The highest BCUT2D eigenvalue weighted by molar-refractivity contribution is 6.30. The highest BCUT2D eigenvalue weighted by Gasteiger charge is 2.60. The molecule has 2 fully saturated rings. The summed E-state index contributed by atoms with van der Waals surface area (Å²) < 4.78 is 52.8. The van der Waals surface area contributed by atoms with Crippen LogP contribution < -0.4 is 4.90 Å². The minimum absolute atomic E-state index is 0.0378. The van der Waals surface area contributed by atoms with E-state index in [2.05, 4.69) is 0 Å². The van der Waals surface area contributed by atoms with Crippen molar-refractivity contribution in [1.82, 2.24) is 4.90 Å². The largest absolute Gasteiger partial charge is 0.416 e. The van der Waals surface area contributed by atoms with Gasteiger partial charge in [-0.2, -0.15) is 13.2 Å². The van der Waals surface area contributed by atoms with Crippen molar-refractivity contribution in [2.24, 2.45) is 0 Å². The van der Waals surface area contributed by atoms with Gasteiger partial charge in [-0.05, 0) is 35.9 Å². The van der Waals surface area contributed by atoms with E-state index in [0.29, 0.717) is 5.56 Å².